The Balaban J connectivity index is 1.81. The molecular formula is C18H14O2. The SMILES string of the molecule is O=C1OC2Cc3ccccc3C2=C1Cc1ccccc1. The molecule has 1 atom stereocenters. The quantitative estimate of drug-likeness (QED) is 0.777. The molecule has 0 saturated carbocycles. The van der Waals surface area contributed by atoms with Crippen LogP contribution in [0.4, 0.5) is 0 Å². The number of rotatable bonds is 2. The molecule has 1 aliphatic carbocycles. The summed E-state index contributed by atoms with van der Waals surface area (Å²) in [5.41, 5.74) is 5.55. The Kier molecular flexibility index (Phi) is 2.49. The van der Waals surface area contributed by atoms with E-state index in [0.29, 0.717) is 6.42 Å². The van der Waals surface area contributed by atoms with Gasteiger partial charge in [-0.1, -0.05) is 54.6 Å². The number of carbonyl (C=O) groups is 1. The first kappa shape index (κ1) is 11.5. The van der Waals surface area contributed by atoms with E-state index in [0.717, 1.165) is 23.1 Å². The van der Waals surface area contributed by atoms with Crippen molar-refractivity contribution in [1.82, 2.24) is 0 Å². The van der Waals surface area contributed by atoms with E-state index in [1.165, 1.54) is 11.1 Å². The monoisotopic (exact) mass is 262 g/mol. The Hall–Kier alpha value is -2.35. The lowest BCUT2D eigenvalue weighted by atomic mass is 9.97. The van der Waals surface area contributed by atoms with Gasteiger partial charge in [-0.2, -0.15) is 0 Å². The van der Waals surface area contributed by atoms with Gasteiger partial charge in [0.25, 0.3) is 0 Å². The molecule has 0 saturated heterocycles. The zero-order valence-corrected chi connectivity index (χ0v) is 11.0. The minimum Gasteiger partial charge on any atom is -0.454 e. The van der Waals surface area contributed by atoms with Crippen LogP contribution in [0.1, 0.15) is 16.7 Å². The zero-order valence-electron chi connectivity index (χ0n) is 11.0. The molecule has 20 heavy (non-hydrogen) atoms. The van der Waals surface area contributed by atoms with Crippen LogP contribution < -0.4 is 0 Å². The molecule has 2 aromatic carbocycles. The van der Waals surface area contributed by atoms with Gasteiger partial charge in [-0.25, -0.2) is 4.79 Å². The zero-order chi connectivity index (χ0) is 13.5. The van der Waals surface area contributed by atoms with Gasteiger partial charge in [-0.15, -0.1) is 0 Å². The van der Waals surface area contributed by atoms with E-state index in [9.17, 15) is 4.79 Å². The largest absolute Gasteiger partial charge is 0.454 e. The third-order valence-electron chi connectivity index (χ3n) is 4.08. The van der Waals surface area contributed by atoms with Gasteiger partial charge in [0.15, 0.2) is 0 Å². The highest BCUT2D eigenvalue weighted by Crippen LogP contribution is 2.41. The van der Waals surface area contributed by atoms with Gasteiger partial charge < -0.3 is 4.74 Å². The second-order valence-electron chi connectivity index (χ2n) is 5.31. The summed E-state index contributed by atoms with van der Waals surface area (Å²) in [4.78, 5) is 12.1. The van der Waals surface area contributed by atoms with E-state index in [4.69, 9.17) is 4.74 Å². The number of esters is 1. The van der Waals surface area contributed by atoms with Crippen LogP contribution >= 0.6 is 0 Å². The van der Waals surface area contributed by atoms with E-state index in [-0.39, 0.29) is 12.1 Å². The summed E-state index contributed by atoms with van der Waals surface area (Å²) in [7, 11) is 0. The lowest BCUT2D eigenvalue weighted by Gasteiger charge is -2.04. The van der Waals surface area contributed by atoms with Crippen molar-refractivity contribution >= 4 is 11.5 Å². The lowest BCUT2D eigenvalue weighted by molar-refractivity contribution is -0.139. The first-order chi connectivity index (χ1) is 9.83. The maximum atomic E-state index is 12.1. The molecule has 2 aromatic rings. The molecule has 1 heterocycles. The number of hydrogen-bond acceptors (Lipinski definition) is 2. The Bertz CT molecular complexity index is 713. The summed E-state index contributed by atoms with van der Waals surface area (Å²) in [6.07, 6.45) is 1.40. The fourth-order valence-corrected chi connectivity index (χ4v) is 3.17. The van der Waals surface area contributed by atoms with Crippen molar-refractivity contribution in [3.05, 3.63) is 76.9 Å². The van der Waals surface area contributed by atoms with Crippen molar-refractivity contribution in [2.45, 2.75) is 18.9 Å². The Morgan fingerprint density at radius 1 is 1.00 bits per heavy atom. The lowest BCUT2D eigenvalue weighted by Crippen LogP contribution is -2.09. The number of hydrogen-bond donors (Lipinski definition) is 0. The molecule has 0 fully saturated rings. The van der Waals surface area contributed by atoms with Crippen molar-refractivity contribution in [1.29, 1.82) is 0 Å². The minimum absolute atomic E-state index is 0.0707. The van der Waals surface area contributed by atoms with Crippen LogP contribution in [0, 0.1) is 0 Å². The van der Waals surface area contributed by atoms with Crippen LogP contribution in [0.5, 0.6) is 0 Å². The van der Waals surface area contributed by atoms with Crippen molar-refractivity contribution in [2.75, 3.05) is 0 Å². The molecule has 0 N–H and O–H groups in total. The topological polar surface area (TPSA) is 26.3 Å². The predicted molar refractivity (Wildman–Crippen MR) is 77.1 cm³/mol. The van der Waals surface area contributed by atoms with Crippen molar-refractivity contribution in [3.63, 3.8) is 0 Å². The van der Waals surface area contributed by atoms with Crippen LogP contribution in [0.15, 0.2) is 60.2 Å². The molecule has 0 bridgehead atoms. The summed E-state index contributed by atoms with van der Waals surface area (Å²) < 4.78 is 5.54. The first-order valence-electron chi connectivity index (χ1n) is 6.89. The van der Waals surface area contributed by atoms with Crippen LogP contribution in [-0.4, -0.2) is 12.1 Å². The smallest absolute Gasteiger partial charge is 0.335 e. The molecule has 0 spiro atoms. The molecule has 1 aliphatic heterocycles. The average Bonchev–Trinajstić information content (AvgIpc) is 2.97. The molecule has 98 valence electrons. The number of ether oxygens (including phenoxy) is 1. The van der Waals surface area contributed by atoms with Gasteiger partial charge in [-0.3, -0.25) is 0 Å². The molecule has 2 heteroatoms. The molecule has 1 unspecified atom stereocenters. The van der Waals surface area contributed by atoms with E-state index in [1.807, 2.05) is 30.3 Å². The van der Waals surface area contributed by atoms with Gasteiger partial charge in [0.2, 0.25) is 0 Å². The molecule has 0 aromatic heterocycles. The van der Waals surface area contributed by atoms with Gasteiger partial charge in [0.05, 0.1) is 0 Å². The van der Waals surface area contributed by atoms with Crippen LogP contribution in [0.25, 0.3) is 5.57 Å². The Labute approximate surface area is 117 Å². The van der Waals surface area contributed by atoms with Crippen molar-refractivity contribution < 1.29 is 9.53 Å². The van der Waals surface area contributed by atoms with E-state index in [2.05, 4.69) is 24.3 Å². The van der Waals surface area contributed by atoms with Gasteiger partial charge in [-0.05, 0) is 16.7 Å². The first-order valence-corrected chi connectivity index (χ1v) is 6.89. The third kappa shape index (κ3) is 1.68. The Morgan fingerprint density at radius 3 is 2.60 bits per heavy atom. The fourth-order valence-electron chi connectivity index (χ4n) is 3.17. The molecule has 4 rings (SSSR count). The van der Waals surface area contributed by atoms with Crippen LogP contribution in [-0.2, 0) is 22.4 Å². The van der Waals surface area contributed by atoms with Gasteiger partial charge in [0, 0.05) is 24.0 Å². The maximum absolute atomic E-state index is 12.1. The van der Waals surface area contributed by atoms with Crippen LogP contribution in [0.3, 0.4) is 0 Å². The van der Waals surface area contributed by atoms with Crippen LogP contribution in [0.2, 0.25) is 0 Å². The normalized spacial score (nSPS) is 19.8. The third-order valence-corrected chi connectivity index (χ3v) is 4.08. The average molecular weight is 262 g/mol. The fraction of sp³-hybridized carbons (Fsp3) is 0.167. The summed E-state index contributed by atoms with van der Waals surface area (Å²) in [6, 6.07) is 18.4. The van der Waals surface area contributed by atoms with Crippen molar-refractivity contribution in [3.8, 4) is 0 Å². The van der Waals surface area contributed by atoms with Gasteiger partial charge in [0.1, 0.15) is 6.10 Å². The van der Waals surface area contributed by atoms with E-state index in [1.54, 1.807) is 0 Å². The molecule has 2 nitrogen and oxygen atoms in total. The summed E-state index contributed by atoms with van der Waals surface area (Å²) in [6.45, 7) is 0. The second-order valence-corrected chi connectivity index (χ2v) is 5.31. The highest BCUT2D eigenvalue weighted by atomic mass is 16.5. The number of benzene rings is 2. The van der Waals surface area contributed by atoms with Crippen molar-refractivity contribution in [2.24, 2.45) is 0 Å². The van der Waals surface area contributed by atoms with E-state index < -0.39 is 0 Å². The summed E-state index contributed by atoms with van der Waals surface area (Å²) in [5.74, 6) is -0.150. The number of fused-ring (bicyclic) bond motifs is 3. The Morgan fingerprint density at radius 2 is 1.75 bits per heavy atom. The summed E-state index contributed by atoms with van der Waals surface area (Å²) >= 11 is 0. The second kappa shape index (κ2) is 4.34. The molecular weight excluding hydrogens is 248 g/mol. The summed E-state index contributed by atoms with van der Waals surface area (Å²) in [5, 5.41) is 0. The standard InChI is InChI=1S/C18H14O2/c19-18-15(10-12-6-2-1-3-7-12)17-14-9-5-4-8-13(14)11-16(17)20-18/h1-9,16H,10-11H2. The molecule has 0 amide bonds. The maximum Gasteiger partial charge on any atom is 0.335 e. The predicted octanol–water partition coefficient (Wildman–Crippen LogP) is 3.16. The molecule has 2 aliphatic rings. The highest BCUT2D eigenvalue weighted by molar-refractivity contribution is 6.04. The highest BCUT2D eigenvalue weighted by Gasteiger charge is 2.39. The minimum atomic E-state index is -0.150. The number of carbonyl (C=O) groups excluding carboxylic acids is 1. The van der Waals surface area contributed by atoms with Gasteiger partial charge >= 0.3 is 5.97 Å². The molecule has 0 radical (unpaired) electrons. The van der Waals surface area contributed by atoms with E-state index >= 15 is 0 Å².